The van der Waals surface area contributed by atoms with Gasteiger partial charge in [0.25, 0.3) is 0 Å². The molecule has 0 aromatic heterocycles. The predicted octanol–water partition coefficient (Wildman–Crippen LogP) is -9.52. The van der Waals surface area contributed by atoms with Crippen molar-refractivity contribution in [2.45, 2.75) is 0 Å². The molecule has 11 heavy (non-hydrogen) atoms. The molecule has 5 nitrogen and oxygen atoms in total. The Hall–Kier alpha value is 3.54. The predicted molar refractivity (Wildman–Crippen MR) is 31.1 cm³/mol. The number of halogens is 2. The molecule has 0 aliphatic rings. The van der Waals surface area contributed by atoms with Crippen molar-refractivity contribution in [3.63, 3.8) is 0 Å². The molecule has 2 radical (unpaired) electrons. The topological polar surface area (TPSA) is 126 Å². The second kappa shape index (κ2) is 37.5. The molecule has 4 N–H and O–H groups in total. The van der Waals surface area contributed by atoms with E-state index >= 15 is 0 Å². The van der Waals surface area contributed by atoms with Crippen LogP contribution < -0.4 is 67.5 Å². The molecular weight excluding hydrogens is 395 g/mol. The van der Waals surface area contributed by atoms with Gasteiger partial charge in [-0.3, -0.25) is 0 Å². The van der Waals surface area contributed by atoms with Gasteiger partial charge in [-0.25, -0.2) is 0 Å². The molecule has 0 aliphatic carbocycles. The standard InChI is InChI=1S/2ClH.2Na.H2O3Se.2H2O.Sn/c;;;;1-4(2)3;;;/h2*1H;;;(H2,1,2,3);2*1H2;/q;;2*+1;;;;+2/p-4. The molecule has 11 heteroatoms. The van der Waals surface area contributed by atoms with E-state index in [2.05, 4.69) is 0 Å². The fourth-order valence-corrected chi connectivity index (χ4v) is 0. The van der Waals surface area contributed by atoms with E-state index in [-0.39, 0.29) is 70.1 Å². The zero-order valence-corrected chi connectivity index (χ0v) is 16.0. The molecule has 0 rings (SSSR count). The van der Waals surface area contributed by atoms with Gasteiger partial charge < -0.3 is 11.0 Å². The Kier molecular flexibility index (Phi) is 124. The third kappa shape index (κ3) is 144. The minimum absolute atomic E-state index is 0. The Balaban J connectivity index is -0.00000000848. The van der Waals surface area contributed by atoms with Crippen molar-refractivity contribution in [2.75, 3.05) is 0 Å². The van der Waals surface area contributed by atoms with Crippen LogP contribution in [0, 0.1) is 0 Å². The zero-order chi connectivity index (χ0) is 6.28. The largest absolute Gasteiger partial charge is 1.00 e. The van der Waals surface area contributed by atoms with Crippen LogP contribution in [-0.4, -0.2) is 44.3 Å². The van der Waals surface area contributed by atoms with Gasteiger partial charge in [-0.05, 0) is 0 Å². The van der Waals surface area contributed by atoms with E-state index in [0.717, 1.165) is 0 Å². The van der Waals surface area contributed by atoms with Gasteiger partial charge in [-0.1, -0.05) is 0 Å². The monoisotopic (exact) mass is 400 g/mol. The second-order valence-electron chi connectivity index (χ2n) is 0.276. The van der Waals surface area contributed by atoms with E-state index < -0.39 is 33.4 Å². The molecule has 0 unspecified atom stereocenters. The molecule has 0 heterocycles. The molecule has 60 valence electrons. The summed E-state index contributed by atoms with van der Waals surface area (Å²) in [6.07, 6.45) is 0. The van der Waals surface area contributed by atoms with Crippen LogP contribution >= 0.6 is 17.8 Å². The Bertz CT molecular complexity index is 53.7. The quantitative estimate of drug-likeness (QED) is 0.376. The molecule has 0 bridgehead atoms. The van der Waals surface area contributed by atoms with E-state index in [1.807, 2.05) is 0 Å². The second-order valence-corrected chi connectivity index (χ2v) is 5.37. The van der Waals surface area contributed by atoms with Crippen LogP contribution in [-0.2, 0) is 3.83 Å². The molecule has 0 amide bonds. The van der Waals surface area contributed by atoms with Crippen molar-refractivity contribution in [3.05, 3.63) is 0 Å². The van der Waals surface area contributed by atoms with Crippen molar-refractivity contribution in [1.29, 1.82) is 0 Å². The van der Waals surface area contributed by atoms with Crippen LogP contribution in [0.25, 0.3) is 0 Å². The Morgan fingerprint density at radius 3 is 1.09 bits per heavy atom. The maximum atomic E-state index is 8.54. The van der Waals surface area contributed by atoms with Crippen LogP contribution in [0.4, 0.5) is 0 Å². The van der Waals surface area contributed by atoms with Crippen LogP contribution in [0.1, 0.15) is 0 Å². The van der Waals surface area contributed by atoms with Crippen LogP contribution in [0.15, 0.2) is 0 Å². The summed E-state index contributed by atoms with van der Waals surface area (Å²) in [7, 11) is 9.87. The summed E-state index contributed by atoms with van der Waals surface area (Å²) in [5.41, 5.74) is 0. The van der Waals surface area contributed by atoms with Gasteiger partial charge in [0.2, 0.25) is 0 Å². The third-order valence-corrected chi connectivity index (χ3v) is 0. The van der Waals surface area contributed by atoms with Crippen molar-refractivity contribution in [2.24, 2.45) is 0 Å². The van der Waals surface area contributed by atoms with Crippen molar-refractivity contribution in [1.82, 2.24) is 0 Å². The molecule has 0 aliphatic heterocycles. The van der Waals surface area contributed by atoms with E-state index in [0.29, 0.717) is 0 Å². The zero-order valence-electron chi connectivity index (χ0n) is 5.89. The fourth-order valence-electron chi connectivity index (χ4n) is 0. The molecule has 0 fully saturated rings. The SMILES string of the molecule is O.O.O=[Se]([O-])[O-].[Cl][Sn][Cl].[Na+].[Na+]. The van der Waals surface area contributed by atoms with E-state index in [1.165, 1.54) is 0 Å². The molecular formula is H4Cl2Na2O5SeSn. The maximum absolute atomic E-state index is 8.54. The van der Waals surface area contributed by atoms with E-state index in [1.54, 1.807) is 0 Å². The minimum Gasteiger partial charge on any atom is 1.00 e. The summed E-state index contributed by atoms with van der Waals surface area (Å²) in [4.78, 5) is 0. The van der Waals surface area contributed by atoms with Gasteiger partial charge in [0, 0.05) is 0 Å². The number of hydrogen-bond acceptors (Lipinski definition) is 3. The van der Waals surface area contributed by atoms with Crippen LogP contribution in [0.3, 0.4) is 0 Å². The van der Waals surface area contributed by atoms with Crippen molar-refractivity contribution < 1.29 is 82.3 Å². The van der Waals surface area contributed by atoms with Gasteiger partial charge >= 0.3 is 123 Å². The molecule has 0 spiro atoms. The average molecular weight is 399 g/mol. The summed E-state index contributed by atoms with van der Waals surface area (Å²) >= 11 is -4.62. The molecule has 0 atom stereocenters. The van der Waals surface area contributed by atoms with Gasteiger partial charge in [0.05, 0.1) is 0 Å². The fraction of sp³-hybridized carbons (Fsp3) is 0. The molecule has 0 aromatic rings. The van der Waals surface area contributed by atoms with Gasteiger partial charge in [-0.15, -0.1) is 0 Å². The Labute approximate surface area is 131 Å². The molecule has 0 aromatic carbocycles. The Morgan fingerprint density at radius 2 is 1.09 bits per heavy atom. The average Bonchev–Trinajstić information content (AvgIpc) is 1.33. The Morgan fingerprint density at radius 1 is 1.09 bits per heavy atom. The number of rotatable bonds is 0. The summed E-state index contributed by atoms with van der Waals surface area (Å²) in [6.45, 7) is 0. The van der Waals surface area contributed by atoms with E-state index in [9.17, 15) is 0 Å². The first kappa shape index (κ1) is 36.6. The summed E-state index contributed by atoms with van der Waals surface area (Å²) < 4.78 is 25.6. The van der Waals surface area contributed by atoms with Crippen molar-refractivity contribution >= 4 is 51.2 Å². The summed E-state index contributed by atoms with van der Waals surface area (Å²) in [5, 5.41) is 0. The van der Waals surface area contributed by atoms with E-state index in [4.69, 9.17) is 30.1 Å². The smallest absolute Gasteiger partial charge is 1.00 e. The first-order valence-electron chi connectivity index (χ1n) is 0.878. The van der Waals surface area contributed by atoms with Crippen LogP contribution in [0.2, 0.25) is 0 Å². The van der Waals surface area contributed by atoms with Crippen LogP contribution in [0.5, 0.6) is 0 Å². The molecule has 0 saturated heterocycles. The maximum Gasteiger partial charge on any atom is 1.00 e. The third-order valence-electron chi connectivity index (χ3n) is 0. The summed E-state index contributed by atoms with van der Waals surface area (Å²) in [5.74, 6) is 0. The first-order valence-corrected chi connectivity index (χ1v) is 10.2. The summed E-state index contributed by atoms with van der Waals surface area (Å²) in [6, 6.07) is 0. The normalized spacial score (nSPS) is 4.82. The van der Waals surface area contributed by atoms with Gasteiger partial charge in [0.15, 0.2) is 0 Å². The minimum atomic E-state index is -3.79. The van der Waals surface area contributed by atoms with Crippen molar-refractivity contribution in [3.8, 4) is 0 Å². The molecule has 0 saturated carbocycles. The van der Waals surface area contributed by atoms with Gasteiger partial charge in [0.1, 0.15) is 0 Å². The number of hydrogen-bond donors (Lipinski definition) is 0. The first-order chi connectivity index (χ1) is 3.15. The van der Waals surface area contributed by atoms with Gasteiger partial charge in [-0.2, -0.15) is 0 Å².